The number of hydrogen-bond acceptors (Lipinski definition) is 2. The first-order chi connectivity index (χ1) is 7.14. The van der Waals surface area contributed by atoms with E-state index in [1.54, 1.807) is 0 Å². The van der Waals surface area contributed by atoms with Crippen LogP contribution in [-0.4, -0.2) is 12.1 Å². The van der Waals surface area contributed by atoms with Crippen molar-refractivity contribution in [2.75, 3.05) is 6.61 Å². The first-order valence-electron chi connectivity index (χ1n) is 5.65. The van der Waals surface area contributed by atoms with E-state index in [1.807, 2.05) is 0 Å². The Kier molecular flexibility index (Phi) is 2.70. The fraction of sp³-hybridized carbons (Fsp3) is 0.538. The van der Waals surface area contributed by atoms with Gasteiger partial charge in [-0.1, -0.05) is 25.1 Å². The topological polar surface area (TPSA) is 35.2 Å². The molecule has 0 unspecified atom stereocenters. The van der Waals surface area contributed by atoms with E-state index in [2.05, 4.69) is 32.0 Å². The van der Waals surface area contributed by atoms with Crippen LogP contribution >= 0.6 is 0 Å². The Bertz CT molecular complexity index is 356. The van der Waals surface area contributed by atoms with Crippen LogP contribution in [0.25, 0.3) is 0 Å². The van der Waals surface area contributed by atoms with Crippen molar-refractivity contribution in [1.29, 1.82) is 0 Å². The van der Waals surface area contributed by atoms with Gasteiger partial charge in [0.15, 0.2) is 0 Å². The summed E-state index contributed by atoms with van der Waals surface area (Å²) in [5.41, 5.74) is 8.46. The van der Waals surface area contributed by atoms with Crippen molar-refractivity contribution < 1.29 is 4.74 Å². The smallest absolute Gasteiger partial charge is 0.125 e. The van der Waals surface area contributed by atoms with Gasteiger partial charge < -0.3 is 10.5 Å². The monoisotopic (exact) mass is 205 g/mol. The van der Waals surface area contributed by atoms with Crippen molar-refractivity contribution >= 4 is 0 Å². The van der Waals surface area contributed by atoms with Crippen LogP contribution in [0.5, 0.6) is 5.75 Å². The van der Waals surface area contributed by atoms with E-state index in [0.717, 1.165) is 25.0 Å². The maximum absolute atomic E-state index is 6.01. The summed E-state index contributed by atoms with van der Waals surface area (Å²) in [6, 6.07) is 6.29. The second-order valence-corrected chi connectivity index (χ2v) is 4.57. The second-order valence-electron chi connectivity index (χ2n) is 4.57. The number of rotatable bonds is 4. The molecule has 0 saturated heterocycles. The zero-order chi connectivity index (χ0) is 10.9. The van der Waals surface area contributed by atoms with Gasteiger partial charge in [-0.3, -0.25) is 0 Å². The number of hydrogen-bond donors (Lipinski definition) is 1. The summed E-state index contributed by atoms with van der Waals surface area (Å²) in [6.45, 7) is 4.90. The van der Waals surface area contributed by atoms with Gasteiger partial charge in [-0.25, -0.2) is 0 Å². The van der Waals surface area contributed by atoms with Crippen molar-refractivity contribution in [3.63, 3.8) is 0 Å². The standard InChI is InChI=1S/C13H19NO/c1-3-11-6-4-5-10(2)12(11)15-9-13(14)7-8-13/h4-6H,3,7-9,14H2,1-2H3. The summed E-state index contributed by atoms with van der Waals surface area (Å²) in [4.78, 5) is 0. The highest BCUT2D eigenvalue weighted by Gasteiger charge is 2.39. The minimum atomic E-state index is -0.0344. The molecule has 0 heterocycles. The summed E-state index contributed by atoms with van der Waals surface area (Å²) < 4.78 is 5.86. The average molecular weight is 205 g/mol. The molecule has 82 valence electrons. The summed E-state index contributed by atoms with van der Waals surface area (Å²) in [7, 11) is 0. The van der Waals surface area contributed by atoms with Crippen LogP contribution in [0.1, 0.15) is 30.9 Å². The molecule has 2 rings (SSSR count). The molecule has 0 spiro atoms. The average Bonchev–Trinajstić information content (AvgIpc) is 2.95. The summed E-state index contributed by atoms with van der Waals surface area (Å²) in [5.74, 6) is 1.04. The van der Waals surface area contributed by atoms with Crippen molar-refractivity contribution in [2.45, 2.75) is 38.6 Å². The number of benzene rings is 1. The normalized spacial score (nSPS) is 17.5. The molecular formula is C13H19NO. The Morgan fingerprint density at radius 1 is 1.40 bits per heavy atom. The van der Waals surface area contributed by atoms with Crippen LogP contribution in [0.2, 0.25) is 0 Å². The molecule has 15 heavy (non-hydrogen) atoms. The Morgan fingerprint density at radius 2 is 2.13 bits per heavy atom. The molecule has 1 fully saturated rings. The van der Waals surface area contributed by atoms with Crippen LogP contribution in [-0.2, 0) is 6.42 Å². The molecule has 1 aromatic rings. The quantitative estimate of drug-likeness (QED) is 0.819. The van der Waals surface area contributed by atoms with Gasteiger partial charge >= 0.3 is 0 Å². The molecule has 2 heteroatoms. The molecule has 1 aliphatic rings. The van der Waals surface area contributed by atoms with Crippen molar-refractivity contribution in [3.8, 4) is 5.75 Å². The highest BCUT2D eigenvalue weighted by atomic mass is 16.5. The number of nitrogens with two attached hydrogens (primary N) is 1. The van der Waals surface area contributed by atoms with Crippen LogP contribution in [0, 0.1) is 6.92 Å². The molecule has 0 amide bonds. The molecule has 2 nitrogen and oxygen atoms in total. The van der Waals surface area contributed by atoms with Crippen LogP contribution in [0.3, 0.4) is 0 Å². The maximum Gasteiger partial charge on any atom is 0.125 e. The molecule has 1 aliphatic carbocycles. The van der Waals surface area contributed by atoms with E-state index in [-0.39, 0.29) is 5.54 Å². The van der Waals surface area contributed by atoms with Gasteiger partial charge in [0.25, 0.3) is 0 Å². The van der Waals surface area contributed by atoms with E-state index in [4.69, 9.17) is 10.5 Å². The van der Waals surface area contributed by atoms with Gasteiger partial charge in [0.2, 0.25) is 0 Å². The number of para-hydroxylation sites is 1. The maximum atomic E-state index is 6.01. The summed E-state index contributed by atoms with van der Waals surface area (Å²) in [5, 5.41) is 0. The third-order valence-electron chi connectivity index (χ3n) is 3.07. The number of ether oxygens (including phenoxy) is 1. The highest BCUT2D eigenvalue weighted by Crippen LogP contribution is 2.34. The Hall–Kier alpha value is -1.02. The Balaban J connectivity index is 2.11. The van der Waals surface area contributed by atoms with Crippen LogP contribution < -0.4 is 10.5 Å². The molecule has 2 N–H and O–H groups in total. The van der Waals surface area contributed by atoms with E-state index in [1.165, 1.54) is 11.1 Å². The van der Waals surface area contributed by atoms with E-state index in [0.29, 0.717) is 6.61 Å². The fourth-order valence-electron chi connectivity index (χ4n) is 1.72. The predicted octanol–water partition coefficient (Wildman–Crippen LogP) is 2.43. The van der Waals surface area contributed by atoms with Crippen molar-refractivity contribution in [3.05, 3.63) is 29.3 Å². The fourth-order valence-corrected chi connectivity index (χ4v) is 1.72. The third kappa shape index (κ3) is 2.32. The van der Waals surface area contributed by atoms with E-state index in [9.17, 15) is 0 Å². The molecule has 1 saturated carbocycles. The molecule has 0 atom stereocenters. The first-order valence-corrected chi connectivity index (χ1v) is 5.65. The predicted molar refractivity (Wildman–Crippen MR) is 62.2 cm³/mol. The third-order valence-corrected chi connectivity index (χ3v) is 3.07. The van der Waals surface area contributed by atoms with Gasteiger partial charge in [0.1, 0.15) is 12.4 Å². The van der Waals surface area contributed by atoms with Gasteiger partial charge in [-0.2, -0.15) is 0 Å². The van der Waals surface area contributed by atoms with Gasteiger partial charge in [-0.05, 0) is 37.3 Å². The molecule has 0 aliphatic heterocycles. The lowest BCUT2D eigenvalue weighted by atomic mass is 10.1. The van der Waals surface area contributed by atoms with Gasteiger partial charge in [0, 0.05) is 0 Å². The lowest BCUT2D eigenvalue weighted by molar-refractivity contribution is 0.275. The van der Waals surface area contributed by atoms with Crippen LogP contribution in [0.4, 0.5) is 0 Å². The molecular weight excluding hydrogens is 186 g/mol. The van der Waals surface area contributed by atoms with Gasteiger partial charge in [0.05, 0.1) is 5.54 Å². The van der Waals surface area contributed by atoms with Crippen LogP contribution in [0.15, 0.2) is 18.2 Å². The Labute approximate surface area is 91.4 Å². The van der Waals surface area contributed by atoms with E-state index >= 15 is 0 Å². The molecule has 1 aromatic carbocycles. The molecule has 0 radical (unpaired) electrons. The highest BCUT2D eigenvalue weighted by molar-refractivity contribution is 5.40. The molecule has 0 bridgehead atoms. The number of aryl methyl sites for hydroxylation is 2. The molecule has 0 aromatic heterocycles. The summed E-state index contributed by atoms with van der Waals surface area (Å²) >= 11 is 0. The lowest BCUT2D eigenvalue weighted by Crippen LogP contribution is -2.30. The summed E-state index contributed by atoms with van der Waals surface area (Å²) in [6.07, 6.45) is 3.20. The largest absolute Gasteiger partial charge is 0.491 e. The zero-order valence-corrected chi connectivity index (χ0v) is 9.55. The minimum absolute atomic E-state index is 0.0344. The SMILES string of the molecule is CCc1cccc(C)c1OCC1(N)CC1. The minimum Gasteiger partial charge on any atom is -0.491 e. The zero-order valence-electron chi connectivity index (χ0n) is 9.55. The second kappa shape index (κ2) is 3.86. The first kappa shape index (κ1) is 10.5. The lowest BCUT2D eigenvalue weighted by Gasteiger charge is -2.16. The van der Waals surface area contributed by atoms with E-state index < -0.39 is 0 Å². The Morgan fingerprint density at radius 3 is 2.73 bits per heavy atom. The van der Waals surface area contributed by atoms with Crippen molar-refractivity contribution in [1.82, 2.24) is 0 Å². The van der Waals surface area contributed by atoms with Gasteiger partial charge in [-0.15, -0.1) is 0 Å². The van der Waals surface area contributed by atoms with Crippen molar-refractivity contribution in [2.24, 2.45) is 5.73 Å².